The van der Waals surface area contributed by atoms with E-state index in [0.29, 0.717) is 24.5 Å². The lowest BCUT2D eigenvalue weighted by atomic mass is 9.84. The van der Waals surface area contributed by atoms with Gasteiger partial charge in [-0.2, -0.15) is 0 Å². The van der Waals surface area contributed by atoms with E-state index in [1.54, 1.807) is 0 Å². The Kier molecular flexibility index (Phi) is 4.18. The van der Waals surface area contributed by atoms with E-state index in [4.69, 9.17) is 5.73 Å². The minimum Gasteiger partial charge on any atom is -0.352 e. The fourth-order valence-electron chi connectivity index (χ4n) is 2.49. The third kappa shape index (κ3) is 3.46. The molecular weight excluding hydrogens is 202 g/mol. The largest absolute Gasteiger partial charge is 0.352 e. The summed E-state index contributed by atoms with van der Waals surface area (Å²) < 4.78 is 0. The van der Waals surface area contributed by atoms with E-state index < -0.39 is 0 Å². The zero-order valence-electron chi connectivity index (χ0n) is 9.87. The Hall–Kier alpha value is -0.610. The molecule has 2 saturated carbocycles. The van der Waals surface area contributed by atoms with Gasteiger partial charge >= 0.3 is 0 Å². The summed E-state index contributed by atoms with van der Waals surface area (Å²) in [5, 5.41) is 6.36. The lowest BCUT2D eigenvalue weighted by Crippen LogP contribution is -2.46. The third-order valence-electron chi connectivity index (χ3n) is 3.68. The van der Waals surface area contributed by atoms with Crippen LogP contribution in [-0.2, 0) is 4.79 Å². The average molecular weight is 225 g/mol. The minimum atomic E-state index is 0.142. The zero-order chi connectivity index (χ0) is 11.4. The van der Waals surface area contributed by atoms with Crippen LogP contribution < -0.4 is 16.4 Å². The molecule has 0 bridgehead atoms. The minimum absolute atomic E-state index is 0.142. The molecule has 2 aliphatic carbocycles. The van der Waals surface area contributed by atoms with E-state index in [1.807, 2.05) is 0 Å². The Morgan fingerprint density at radius 3 is 2.62 bits per heavy atom. The SMILES string of the molecule is NCC1CCCCC1NCC(=O)NC1CC1. The molecule has 16 heavy (non-hydrogen) atoms. The molecule has 0 aromatic heterocycles. The van der Waals surface area contributed by atoms with Gasteiger partial charge in [-0.05, 0) is 38.1 Å². The predicted octanol–water partition coefficient (Wildman–Crippen LogP) is 0.372. The van der Waals surface area contributed by atoms with E-state index in [1.165, 1.54) is 25.7 Å². The zero-order valence-corrected chi connectivity index (χ0v) is 9.87. The highest BCUT2D eigenvalue weighted by Crippen LogP contribution is 2.23. The molecule has 0 aromatic carbocycles. The monoisotopic (exact) mass is 225 g/mol. The van der Waals surface area contributed by atoms with Crippen LogP contribution in [-0.4, -0.2) is 31.1 Å². The Bertz CT molecular complexity index is 240. The molecule has 4 heteroatoms. The standard InChI is InChI=1S/C12H23N3O/c13-7-9-3-1-2-4-11(9)14-8-12(16)15-10-5-6-10/h9-11,14H,1-8,13H2,(H,15,16). The maximum Gasteiger partial charge on any atom is 0.234 e. The van der Waals surface area contributed by atoms with Gasteiger partial charge in [0.2, 0.25) is 5.91 Å². The lowest BCUT2D eigenvalue weighted by Gasteiger charge is -2.31. The van der Waals surface area contributed by atoms with E-state index in [9.17, 15) is 4.79 Å². The summed E-state index contributed by atoms with van der Waals surface area (Å²) in [7, 11) is 0. The van der Waals surface area contributed by atoms with Crippen molar-refractivity contribution >= 4 is 5.91 Å². The highest BCUT2D eigenvalue weighted by atomic mass is 16.2. The average Bonchev–Trinajstić information content (AvgIpc) is 3.10. The summed E-state index contributed by atoms with van der Waals surface area (Å²) in [6, 6.07) is 0.912. The molecule has 0 aromatic rings. The fourth-order valence-corrected chi connectivity index (χ4v) is 2.49. The second kappa shape index (κ2) is 5.64. The second-order valence-electron chi connectivity index (χ2n) is 5.11. The van der Waals surface area contributed by atoms with Gasteiger partial charge in [0.05, 0.1) is 6.54 Å². The summed E-state index contributed by atoms with van der Waals surface area (Å²) in [4.78, 5) is 11.5. The van der Waals surface area contributed by atoms with Crippen molar-refractivity contribution < 1.29 is 4.79 Å². The first-order valence-corrected chi connectivity index (χ1v) is 6.52. The van der Waals surface area contributed by atoms with Crippen LogP contribution in [0.4, 0.5) is 0 Å². The maximum absolute atomic E-state index is 11.5. The van der Waals surface area contributed by atoms with Crippen molar-refractivity contribution in [2.45, 2.75) is 50.6 Å². The van der Waals surface area contributed by atoms with Crippen molar-refractivity contribution in [2.75, 3.05) is 13.1 Å². The normalized spacial score (nSPS) is 30.1. The van der Waals surface area contributed by atoms with Crippen molar-refractivity contribution in [3.63, 3.8) is 0 Å². The number of carbonyl (C=O) groups excluding carboxylic acids is 1. The third-order valence-corrected chi connectivity index (χ3v) is 3.68. The van der Waals surface area contributed by atoms with E-state index in [0.717, 1.165) is 19.4 Å². The summed E-state index contributed by atoms with van der Waals surface area (Å²) in [6.07, 6.45) is 7.23. The second-order valence-corrected chi connectivity index (χ2v) is 5.11. The number of nitrogens with one attached hydrogen (secondary N) is 2. The lowest BCUT2D eigenvalue weighted by molar-refractivity contribution is -0.120. The van der Waals surface area contributed by atoms with Crippen LogP contribution >= 0.6 is 0 Å². The van der Waals surface area contributed by atoms with Crippen molar-refractivity contribution in [1.29, 1.82) is 0 Å². The number of carbonyl (C=O) groups is 1. The molecule has 0 aliphatic heterocycles. The number of hydrogen-bond donors (Lipinski definition) is 3. The van der Waals surface area contributed by atoms with Gasteiger partial charge < -0.3 is 16.4 Å². The van der Waals surface area contributed by atoms with E-state index >= 15 is 0 Å². The molecule has 92 valence electrons. The molecule has 2 unspecified atom stereocenters. The van der Waals surface area contributed by atoms with Gasteiger partial charge in [0.1, 0.15) is 0 Å². The fraction of sp³-hybridized carbons (Fsp3) is 0.917. The topological polar surface area (TPSA) is 67.1 Å². The van der Waals surface area contributed by atoms with Crippen LogP contribution in [0.25, 0.3) is 0 Å². The molecule has 4 N–H and O–H groups in total. The molecule has 4 nitrogen and oxygen atoms in total. The molecule has 0 spiro atoms. The van der Waals surface area contributed by atoms with Gasteiger partial charge in [0.25, 0.3) is 0 Å². The first-order valence-electron chi connectivity index (χ1n) is 6.52. The highest BCUT2D eigenvalue weighted by Gasteiger charge is 2.26. The Morgan fingerprint density at radius 2 is 1.94 bits per heavy atom. The summed E-state index contributed by atoms with van der Waals surface area (Å²) in [6.45, 7) is 1.19. The van der Waals surface area contributed by atoms with Crippen LogP contribution in [0, 0.1) is 5.92 Å². The smallest absolute Gasteiger partial charge is 0.234 e. The maximum atomic E-state index is 11.5. The van der Waals surface area contributed by atoms with Gasteiger partial charge in [0.15, 0.2) is 0 Å². The quantitative estimate of drug-likeness (QED) is 0.633. The number of rotatable bonds is 5. The van der Waals surface area contributed by atoms with Gasteiger partial charge in [-0.3, -0.25) is 4.79 Å². The van der Waals surface area contributed by atoms with Crippen LogP contribution in [0.15, 0.2) is 0 Å². The molecule has 0 heterocycles. The van der Waals surface area contributed by atoms with Crippen molar-refractivity contribution in [3.05, 3.63) is 0 Å². The molecule has 0 saturated heterocycles. The first-order chi connectivity index (χ1) is 7.79. The number of hydrogen-bond acceptors (Lipinski definition) is 3. The van der Waals surface area contributed by atoms with Gasteiger partial charge in [-0.15, -0.1) is 0 Å². The molecular formula is C12H23N3O. The summed E-state index contributed by atoms with van der Waals surface area (Å²) >= 11 is 0. The van der Waals surface area contributed by atoms with Crippen LogP contribution in [0.3, 0.4) is 0 Å². The first kappa shape index (κ1) is 11.9. The molecule has 2 rings (SSSR count). The Balaban J connectivity index is 1.68. The Labute approximate surface area is 97.3 Å². The summed E-state index contributed by atoms with van der Waals surface area (Å²) in [5.74, 6) is 0.700. The number of nitrogens with two attached hydrogens (primary N) is 1. The molecule has 2 fully saturated rings. The van der Waals surface area contributed by atoms with Gasteiger partial charge in [-0.1, -0.05) is 12.8 Å². The molecule has 0 radical (unpaired) electrons. The molecule has 2 atom stereocenters. The highest BCUT2D eigenvalue weighted by molar-refractivity contribution is 5.78. The van der Waals surface area contributed by atoms with Crippen molar-refractivity contribution in [3.8, 4) is 0 Å². The number of amides is 1. The van der Waals surface area contributed by atoms with Crippen LogP contribution in [0.1, 0.15) is 38.5 Å². The summed E-state index contributed by atoms with van der Waals surface area (Å²) in [5.41, 5.74) is 5.75. The molecule has 1 amide bonds. The van der Waals surface area contributed by atoms with Gasteiger partial charge in [0, 0.05) is 12.1 Å². The predicted molar refractivity (Wildman–Crippen MR) is 64.0 cm³/mol. The van der Waals surface area contributed by atoms with E-state index in [-0.39, 0.29) is 5.91 Å². The van der Waals surface area contributed by atoms with Gasteiger partial charge in [-0.25, -0.2) is 0 Å². The Morgan fingerprint density at radius 1 is 1.19 bits per heavy atom. The van der Waals surface area contributed by atoms with Crippen molar-refractivity contribution in [1.82, 2.24) is 10.6 Å². The van der Waals surface area contributed by atoms with Crippen LogP contribution in [0.5, 0.6) is 0 Å². The van der Waals surface area contributed by atoms with Crippen LogP contribution in [0.2, 0.25) is 0 Å². The van der Waals surface area contributed by atoms with Crippen molar-refractivity contribution in [2.24, 2.45) is 11.7 Å². The van der Waals surface area contributed by atoms with E-state index in [2.05, 4.69) is 10.6 Å². The molecule has 2 aliphatic rings.